The fourth-order valence-electron chi connectivity index (χ4n) is 1.94. The molecule has 1 atom stereocenters. The van der Waals surface area contributed by atoms with Gasteiger partial charge in [-0.05, 0) is 36.5 Å². The van der Waals surface area contributed by atoms with Crippen LogP contribution >= 0.6 is 0 Å². The predicted molar refractivity (Wildman–Crippen MR) is 59.2 cm³/mol. The van der Waals surface area contributed by atoms with Crippen LogP contribution in [0.15, 0.2) is 24.3 Å². The lowest BCUT2D eigenvalue weighted by atomic mass is 9.86. The van der Waals surface area contributed by atoms with Gasteiger partial charge >= 0.3 is 5.97 Å². The molecule has 0 saturated heterocycles. The van der Waals surface area contributed by atoms with E-state index in [1.807, 2.05) is 0 Å². The quantitative estimate of drug-likeness (QED) is 0.804. The fraction of sp³-hybridized carbons (Fsp3) is 0.417. The number of methoxy groups -OCH3 is 1. The van der Waals surface area contributed by atoms with Gasteiger partial charge in [0.15, 0.2) is 0 Å². The van der Waals surface area contributed by atoms with Crippen LogP contribution < -0.4 is 10.5 Å². The first-order valence-corrected chi connectivity index (χ1v) is 5.26. The smallest absolute Gasteiger partial charge is 0.328 e. The highest BCUT2D eigenvalue weighted by Gasteiger charge is 2.49. The molecule has 1 aliphatic rings. The Morgan fingerprint density at radius 2 is 2.00 bits per heavy atom. The molecule has 1 saturated carbocycles. The zero-order valence-electron chi connectivity index (χ0n) is 9.14. The fourth-order valence-corrected chi connectivity index (χ4v) is 1.94. The van der Waals surface area contributed by atoms with Gasteiger partial charge in [0.25, 0.3) is 0 Å². The number of carbonyl (C=O) groups is 1. The second-order valence-electron chi connectivity index (χ2n) is 4.18. The van der Waals surface area contributed by atoms with Gasteiger partial charge in [-0.2, -0.15) is 0 Å². The first-order chi connectivity index (χ1) is 7.59. The highest BCUT2D eigenvalue weighted by molar-refractivity contribution is 5.81. The van der Waals surface area contributed by atoms with E-state index in [-0.39, 0.29) is 5.92 Å². The minimum atomic E-state index is -1.24. The summed E-state index contributed by atoms with van der Waals surface area (Å²) in [6.07, 6.45) is 1.77. The first-order valence-electron chi connectivity index (χ1n) is 5.26. The van der Waals surface area contributed by atoms with Crippen LogP contribution in [0, 0.1) is 5.92 Å². The molecule has 0 heterocycles. The molecule has 86 valence electrons. The molecule has 4 nitrogen and oxygen atoms in total. The maximum Gasteiger partial charge on any atom is 0.328 e. The van der Waals surface area contributed by atoms with Crippen LogP contribution in [-0.4, -0.2) is 18.2 Å². The lowest BCUT2D eigenvalue weighted by Gasteiger charge is -2.25. The third-order valence-corrected chi connectivity index (χ3v) is 3.14. The van der Waals surface area contributed by atoms with Crippen LogP contribution in [0.2, 0.25) is 0 Å². The summed E-state index contributed by atoms with van der Waals surface area (Å²) < 4.78 is 5.03. The van der Waals surface area contributed by atoms with Crippen molar-refractivity contribution in [2.45, 2.75) is 18.4 Å². The number of ether oxygens (including phenoxy) is 1. The number of nitrogens with two attached hydrogens (primary N) is 1. The largest absolute Gasteiger partial charge is 0.497 e. The Bertz CT molecular complexity index is 397. The van der Waals surface area contributed by atoms with E-state index in [1.165, 1.54) is 0 Å². The van der Waals surface area contributed by atoms with E-state index in [2.05, 4.69) is 0 Å². The Morgan fingerprint density at radius 3 is 2.38 bits per heavy atom. The van der Waals surface area contributed by atoms with Crippen molar-refractivity contribution in [3.05, 3.63) is 29.8 Å². The monoisotopic (exact) mass is 221 g/mol. The zero-order valence-corrected chi connectivity index (χ0v) is 9.14. The van der Waals surface area contributed by atoms with Crippen LogP contribution in [0.4, 0.5) is 0 Å². The van der Waals surface area contributed by atoms with Crippen molar-refractivity contribution >= 4 is 5.97 Å². The van der Waals surface area contributed by atoms with Gasteiger partial charge in [-0.25, -0.2) is 4.79 Å². The second kappa shape index (κ2) is 3.79. The van der Waals surface area contributed by atoms with Crippen LogP contribution in [0.3, 0.4) is 0 Å². The normalized spacial score (nSPS) is 18.9. The number of hydrogen-bond acceptors (Lipinski definition) is 3. The molecule has 0 bridgehead atoms. The molecule has 1 aromatic carbocycles. The molecule has 16 heavy (non-hydrogen) atoms. The van der Waals surface area contributed by atoms with Gasteiger partial charge in [0.1, 0.15) is 11.3 Å². The Hall–Kier alpha value is -1.55. The summed E-state index contributed by atoms with van der Waals surface area (Å²) in [4.78, 5) is 11.3. The lowest BCUT2D eigenvalue weighted by molar-refractivity contribution is -0.144. The molecule has 1 fully saturated rings. The summed E-state index contributed by atoms with van der Waals surface area (Å²) in [6.45, 7) is 0. The van der Waals surface area contributed by atoms with Crippen molar-refractivity contribution in [3.63, 3.8) is 0 Å². The van der Waals surface area contributed by atoms with E-state index in [4.69, 9.17) is 10.5 Å². The van der Waals surface area contributed by atoms with Crippen molar-refractivity contribution in [3.8, 4) is 5.75 Å². The molecule has 4 heteroatoms. The van der Waals surface area contributed by atoms with Gasteiger partial charge in [0.2, 0.25) is 0 Å². The molecule has 0 aliphatic heterocycles. The molecule has 2 rings (SSSR count). The SMILES string of the molecule is COc1ccc(C(N)(C(=O)O)C2CC2)cc1. The van der Waals surface area contributed by atoms with Crippen LogP contribution in [0.1, 0.15) is 18.4 Å². The van der Waals surface area contributed by atoms with Gasteiger partial charge in [-0.3, -0.25) is 0 Å². The van der Waals surface area contributed by atoms with Crippen molar-refractivity contribution in [2.75, 3.05) is 7.11 Å². The van der Waals surface area contributed by atoms with Gasteiger partial charge in [-0.15, -0.1) is 0 Å². The van der Waals surface area contributed by atoms with Crippen molar-refractivity contribution in [2.24, 2.45) is 11.7 Å². The molecule has 1 aromatic rings. The standard InChI is InChI=1S/C12H15NO3/c1-16-10-6-4-9(5-7-10)12(13,11(14)15)8-2-3-8/h4-8H,2-3,13H2,1H3,(H,14,15). The summed E-state index contributed by atoms with van der Waals surface area (Å²) in [5.41, 5.74) is 5.42. The molecule has 0 spiro atoms. The number of aliphatic carboxylic acids is 1. The minimum absolute atomic E-state index is 0.0541. The summed E-state index contributed by atoms with van der Waals surface area (Å²) >= 11 is 0. The van der Waals surface area contributed by atoms with E-state index < -0.39 is 11.5 Å². The van der Waals surface area contributed by atoms with Crippen molar-refractivity contribution in [1.29, 1.82) is 0 Å². The second-order valence-corrected chi connectivity index (χ2v) is 4.18. The Kier molecular flexibility index (Phi) is 2.59. The van der Waals surface area contributed by atoms with Crippen LogP contribution in [-0.2, 0) is 10.3 Å². The third kappa shape index (κ3) is 1.65. The molecule has 3 N–H and O–H groups in total. The van der Waals surface area contributed by atoms with Gasteiger partial charge in [-0.1, -0.05) is 12.1 Å². The minimum Gasteiger partial charge on any atom is -0.497 e. The Morgan fingerprint density at radius 1 is 1.44 bits per heavy atom. The summed E-state index contributed by atoms with van der Waals surface area (Å²) in [5, 5.41) is 9.27. The third-order valence-electron chi connectivity index (χ3n) is 3.14. The van der Waals surface area contributed by atoms with E-state index in [0.29, 0.717) is 11.3 Å². The number of carboxylic acid groups (broad SMARTS) is 1. The number of rotatable bonds is 4. The van der Waals surface area contributed by atoms with Crippen molar-refractivity contribution in [1.82, 2.24) is 0 Å². The highest BCUT2D eigenvalue weighted by atomic mass is 16.5. The molecule has 0 radical (unpaired) electrons. The van der Waals surface area contributed by atoms with Gasteiger partial charge in [0, 0.05) is 0 Å². The topological polar surface area (TPSA) is 72.5 Å². The maximum absolute atomic E-state index is 11.3. The van der Waals surface area contributed by atoms with E-state index in [9.17, 15) is 9.90 Å². The summed E-state index contributed by atoms with van der Waals surface area (Å²) in [5.74, 6) is -0.203. The van der Waals surface area contributed by atoms with Crippen LogP contribution in [0.5, 0.6) is 5.75 Å². The number of benzene rings is 1. The predicted octanol–water partition coefficient (Wildman–Crippen LogP) is 1.34. The molecular weight excluding hydrogens is 206 g/mol. The van der Waals surface area contributed by atoms with Crippen molar-refractivity contribution < 1.29 is 14.6 Å². The molecule has 0 amide bonds. The zero-order chi connectivity index (χ0) is 11.8. The maximum atomic E-state index is 11.3. The van der Waals surface area contributed by atoms with Gasteiger partial charge in [0.05, 0.1) is 7.11 Å². The molecular formula is C12H15NO3. The Labute approximate surface area is 94.0 Å². The highest BCUT2D eigenvalue weighted by Crippen LogP contribution is 2.44. The number of hydrogen-bond donors (Lipinski definition) is 2. The average molecular weight is 221 g/mol. The first kappa shape index (κ1) is 11.0. The lowest BCUT2D eigenvalue weighted by Crippen LogP contribution is -2.46. The molecule has 1 aliphatic carbocycles. The van der Waals surface area contributed by atoms with Crippen LogP contribution in [0.25, 0.3) is 0 Å². The Balaban J connectivity index is 2.35. The van der Waals surface area contributed by atoms with Gasteiger partial charge < -0.3 is 15.6 Å². The average Bonchev–Trinajstić information content (AvgIpc) is 3.12. The molecule has 1 unspecified atom stereocenters. The molecule has 0 aromatic heterocycles. The van der Waals surface area contributed by atoms with E-state index in [1.54, 1.807) is 31.4 Å². The summed E-state index contributed by atoms with van der Waals surface area (Å²) in [7, 11) is 1.57. The number of carboxylic acids is 1. The summed E-state index contributed by atoms with van der Waals surface area (Å²) in [6, 6.07) is 6.93. The van der Waals surface area contributed by atoms with E-state index >= 15 is 0 Å². The van der Waals surface area contributed by atoms with E-state index in [0.717, 1.165) is 12.8 Å².